The summed E-state index contributed by atoms with van der Waals surface area (Å²) in [4.78, 5) is 3.99. The maximum atomic E-state index is 13.7. The van der Waals surface area contributed by atoms with Gasteiger partial charge in [0.25, 0.3) is 0 Å². The van der Waals surface area contributed by atoms with Gasteiger partial charge in [0, 0.05) is 23.4 Å². The normalized spacial score (nSPS) is 12.4. The second-order valence-electron chi connectivity index (χ2n) is 6.99. The number of aromatic nitrogens is 1. The molecule has 0 saturated carbocycles. The molecule has 1 heterocycles. The van der Waals surface area contributed by atoms with E-state index in [1.165, 1.54) is 50.4 Å². The van der Waals surface area contributed by atoms with Crippen molar-refractivity contribution in [3.8, 4) is 0 Å². The number of nitrogens with zero attached hydrogens (tertiary/aromatic N) is 1. The van der Waals surface area contributed by atoms with Crippen LogP contribution < -0.4 is 0 Å². The predicted octanol–water partition coefficient (Wildman–Crippen LogP) is 4.59. The van der Waals surface area contributed by atoms with Crippen molar-refractivity contribution in [2.24, 2.45) is 0 Å². The van der Waals surface area contributed by atoms with Crippen LogP contribution in [0, 0.1) is 11.6 Å². The summed E-state index contributed by atoms with van der Waals surface area (Å²) < 4.78 is 52.6. The van der Waals surface area contributed by atoms with Crippen LogP contribution in [0.1, 0.15) is 30.5 Å². The Balaban J connectivity index is 1.91. The number of sulfone groups is 1. The summed E-state index contributed by atoms with van der Waals surface area (Å²) in [5.41, 5.74) is -0.322. The van der Waals surface area contributed by atoms with Gasteiger partial charge in [0.2, 0.25) is 9.84 Å². The zero-order chi connectivity index (χ0) is 21.2. The van der Waals surface area contributed by atoms with Gasteiger partial charge in [0.15, 0.2) is 5.03 Å². The molecule has 1 aromatic heterocycles. The molecular weight excluding hydrogens is 396 g/mol. The topological polar surface area (TPSA) is 67.3 Å². The van der Waals surface area contributed by atoms with Crippen molar-refractivity contribution in [1.82, 2.24) is 4.98 Å². The Labute approximate surface area is 168 Å². The molecule has 0 radical (unpaired) electrons. The molecule has 4 nitrogen and oxygen atoms in total. The van der Waals surface area contributed by atoms with E-state index in [0.717, 1.165) is 12.1 Å². The highest BCUT2D eigenvalue weighted by Crippen LogP contribution is 2.29. The molecule has 3 aromatic rings. The molecule has 3 rings (SSSR count). The monoisotopic (exact) mass is 415 g/mol. The number of aliphatic hydroxyl groups is 1. The summed E-state index contributed by atoms with van der Waals surface area (Å²) in [6, 6.07) is 12.3. The largest absolute Gasteiger partial charge is 0.386 e. The molecule has 150 valence electrons. The van der Waals surface area contributed by atoms with Crippen LogP contribution in [0.15, 0.2) is 70.7 Å². The third kappa shape index (κ3) is 4.58. The van der Waals surface area contributed by atoms with Crippen LogP contribution in [-0.2, 0) is 15.4 Å². The maximum absolute atomic E-state index is 13.7. The van der Waals surface area contributed by atoms with Gasteiger partial charge in [-0.15, -0.1) is 0 Å². The highest BCUT2D eigenvalue weighted by atomic mass is 32.2. The van der Waals surface area contributed by atoms with E-state index in [4.69, 9.17) is 0 Å². The van der Waals surface area contributed by atoms with Gasteiger partial charge in [0.05, 0.1) is 10.5 Å². The van der Waals surface area contributed by atoms with Gasteiger partial charge in [0.1, 0.15) is 11.6 Å². The number of halogens is 2. The fourth-order valence-electron chi connectivity index (χ4n) is 2.76. The fourth-order valence-corrected chi connectivity index (χ4v) is 4.29. The van der Waals surface area contributed by atoms with Gasteiger partial charge >= 0.3 is 0 Å². The van der Waals surface area contributed by atoms with Crippen LogP contribution in [0.5, 0.6) is 0 Å². The lowest BCUT2D eigenvalue weighted by Crippen LogP contribution is -2.21. The van der Waals surface area contributed by atoms with Crippen LogP contribution in [0.25, 0.3) is 12.2 Å². The molecule has 7 heteroatoms. The zero-order valence-electron chi connectivity index (χ0n) is 15.8. The standard InChI is InChI=1S/C22H19F2NO3S/c1-22(2,26)19-4-3-13-25-21(19)29(27,28)18-11-6-15(7-12-18)5-8-16-9-10-17(23)14-20(16)24/h3-14,26H,1-2H3. The molecule has 0 saturated heterocycles. The molecule has 0 atom stereocenters. The summed E-state index contributed by atoms with van der Waals surface area (Å²) >= 11 is 0. The van der Waals surface area contributed by atoms with Crippen molar-refractivity contribution in [2.45, 2.75) is 29.4 Å². The molecule has 29 heavy (non-hydrogen) atoms. The van der Waals surface area contributed by atoms with Crippen LogP contribution in [0.2, 0.25) is 0 Å². The molecule has 0 aliphatic carbocycles. The van der Waals surface area contributed by atoms with Gasteiger partial charge in [-0.1, -0.05) is 30.4 Å². The lowest BCUT2D eigenvalue weighted by molar-refractivity contribution is 0.0747. The van der Waals surface area contributed by atoms with Crippen molar-refractivity contribution in [3.63, 3.8) is 0 Å². The fraction of sp³-hybridized carbons (Fsp3) is 0.136. The molecular formula is C22H19F2NO3S. The van der Waals surface area contributed by atoms with Crippen LogP contribution >= 0.6 is 0 Å². The number of pyridine rings is 1. The number of rotatable bonds is 5. The van der Waals surface area contributed by atoms with Gasteiger partial charge in [-0.3, -0.25) is 0 Å². The molecule has 0 spiro atoms. The smallest absolute Gasteiger partial charge is 0.224 e. The van der Waals surface area contributed by atoms with Gasteiger partial charge < -0.3 is 5.11 Å². The third-order valence-electron chi connectivity index (χ3n) is 4.29. The number of hydrogen-bond acceptors (Lipinski definition) is 4. The summed E-state index contributed by atoms with van der Waals surface area (Å²) in [6.45, 7) is 2.98. The lowest BCUT2D eigenvalue weighted by atomic mass is 10.0. The predicted molar refractivity (Wildman–Crippen MR) is 107 cm³/mol. The molecule has 1 N–H and O–H groups in total. The van der Waals surface area contributed by atoms with Crippen molar-refractivity contribution in [3.05, 3.63) is 89.1 Å². The van der Waals surface area contributed by atoms with Crippen molar-refractivity contribution in [1.29, 1.82) is 0 Å². The van der Waals surface area contributed by atoms with E-state index in [9.17, 15) is 22.3 Å². The van der Waals surface area contributed by atoms with E-state index >= 15 is 0 Å². The first-order valence-corrected chi connectivity index (χ1v) is 10.2. The molecule has 0 fully saturated rings. The van der Waals surface area contributed by atoms with E-state index in [2.05, 4.69) is 4.98 Å². The quantitative estimate of drug-likeness (QED) is 0.619. The molecule has 0 amide bonds. The van der Waals surface area contributed by atoms with Crippen molar-refractivity contribution >= 4 is 22.0 Å². The van der Waals surface area contributed by atoms with E-state index in [0.29, 0.717) is 5.56 Å². The zero-order valence-corrected chi connectivity index (χ0v) is 16.6. The number of hydrogen-bond donors (Lipinski definition) is 1. The van der Waals surface area contributed by atoms with Crippen LogP contribution in [0.4, 0.5) is 8.78 Å². The minimum absolute atomic E-state index is 0.0202. The summed E-state index contributed by atoms with van der Waals surface area (Å²) in [6.07, 6.45) is 4.43. The Kier molecular flexibility index (Phi) is 5.64. The number of benzene rings is 2. The highest BCUT2D eigenvalue weighted by Gasteiger charge is 2.29. The average Bonchev–Trinajstić information content (AvgIpc) is 2.67. The third-order valence-corrected chi connectivity index (χ3v) is 6.02. The lowest BCUT2D eigenvalue weighted by Gasteiger charge is -2.20. The van der Waals surface area contributed by atoms with E-state index < -0.39 is 27.1 Å². The second kappa shape index (κ2) is 7.85. The molecule has 0 aliphatic heterocycles. The van der Waals surface area contributed by atoms with Crippen molar-refractivity contribution in [2.75, 3.05) is 0 Å². The summed E-state index contributed by atoms with van der Waals surface area (Å²) in [5.74, 6) is -1.34. The first kappa shape index (κ1) is 20.8. The SMILES string of the molecule is CC(C)(O)c1cccnc1S(=O)(=O)c1ccc(C=Cc2ccc(F)cc2F)cc1. The Morgan fingerprint density at radius 3 is 2.31 bits per heavy atom. The van der Waals surface area contributed by atoms with Crippen molar-refractivity contribution < 1.29 is 22.3 Å². The highest BCUT2D eigenvalue weighted by molar-refractivity contribution is 7.91. The van der Waals surface area contributed by atoms with Gasteiger partial charge in [-0.2, -0.15) is 0 Å². The van der Waals surface area contributed by atoms with Gasteiger partial charge in [-0.05, 0) is 49.7 Å². The first-order chi connectivity index (χ1) is 13.6. The maximum Gasteiger partial charge on any atom is 0.224 e. The summed E-state index contributed by atoms with van der Waals surface area (Å²) in [7, 11) is -3.94. The van der Waals surface area contributed by atoms with E-state index in [-0.39, 0.29) is 21.0 Å². The van der Waals surface area contributed by atoms with Gasteiger partial charge in [-0.25, -0.2) is 22.2 Å². The minimum Gasteiger partial charge on any atom is -0.386 e. The molecule has 0 aliphatic rings. The Morgan fingerprint density at radius 1 is 1.00 bits per heavy atom. The Morgan fingerprint density at radius 2 is 1.69 bits per heavy atom. The average molecular weight is 415 g/mol. The van der Waals surface area contributed by atoms with E-state index in [1.807, 2.05) is 0 Å². The molecule has 2 aromatic carbocycles. The van der Waals surface area contributed by atoms with Crippen LogP contribution in [-0.4, -0.2) is 18.5 Å². The minimum atomic E-state index is -3.94. The first-order valence-electron chi connectivity index (χ1n) is 8.75. The molecule has 0 unspecified atom stereocenters. The second-order valence-corrected chi connectivity index (χ2v) is 8.85. The Hall–Kier alpha value is -2.90. The summed E-state index contributed by atoms with van der Waals surface area (Å²) in [5, 5.41) is 10.1. The molecule has 0 bridgehead atoms. The Bertz CT molecular complexity index is 1170. The van der Waals surface area contributed by atoms with Crippen LogP contribution in [0.3, 0.4) is 0 Å². The van der Waals surface area contributed by atoms with E-state index in [1.54, 1.807) is 24.3 Å².